The van der Waals surface area contributed by atoms with Gasteiger partial charge in [-0.25, -0.2) is 4.79 Å². The minimum absolute atomic E-state index is 0.00529. The van der Waals surface area contributed by atoms with E-state index < -0.39 is 18.1 Å². The van der Waals surface area contributed by atoms with Crippen molar-refractivity contribution in [3.63, 3.8) is 0 Å². The number of ether oxygens (including phenoxy) is 1. The molecule has 8 heteroatoms. The zero-order chi connectivity index (χ0) is 21.3. The first-order valence-electron chi connectivity index (χ1n) is 9.24. The van der Waals surface area contributed by atoms with Gasteiger partial charge in [0, 0.05) is 5.75 Å². The molecule has 154 valence electrons. The summed E-state index contributed by atoms with van der Waals surface area (Å²) < 4.78 is 5.95. The number of carbonyl (C=O) groups excluding carboxylic acids is 2. The number of rotatable bonds is 5. The molecule has 0 bridgehead atoms. The van der Waals surface area contributed by atoms with E-state index >= 15 is 0 Å². The van der Waals surface area contributed by atoms with Crippen molar-refractivity contribution >= 4 is 46.8 Å². The molecule has 2 heterocycles. The van der Waals surface area contributed by atoms with Crippen molar-refractivity contribution in [2.75, 3.05) is 5.75 Å². The lowest BCUT2D eigenvalue weighted by atomic mass is 10.0. The van der Waals surface area contributed by atoms with Gasteiger partial charge in [-0.2, -0.15) is 0 Å². The number of benzene rings is 2. The predicted molar refractivity (Wildman–Crippen MR) is 119 cm³/mol. The Morgan fingerprint density at radius 2 is 1.67 bits per heavy atom. The molecule has 0 aliphatic carbocycles. The van der Waals surface area contributed by atoms with E-state index in [9.17, 15) is 9.59 Å². The van der Waals surface area contributed by atoms with Crippen LogP contribution in [0, 0.1) is 0 Å². The quantitative estimate of drug-likeness (QED) is 0.536. The number of amides is 1. The van der Waals surface area contributed by atoms with Crippen molar-refractivity contribution in [2.45, 2.75) is 17.5 Å². The number of hydrogen-bond donors (Lipinski definition) is 1. The molecule has 4 rings (SSSR count). The van der Waals surface area contributed by atoms with Crippen LogP contribution in [0.3, 0.4) is 0 Å². The second-order valence-corrected chi connectivity index (χ2v) is 8.96. The van der Waals surface area contributed by atoms with Gasteiger partial charge in [0.1, 0.15) is 21.6 Å². The fraction of sp³-hybridized carbons (Fsp3) is 0.182. The van der Waals surface area contributed by atoms with E-state index in [0.717, 1.165) is 11.1 Å². The van der Waals surface area contributed by atoms with Crippen molar-refractivity contribution < 1.29 is 14.3 Å². The highest BCUT2D eigenvalue weighted by molar-refractivity contribution is 8.00. The molecule has 1 unspecified atom stereocenters. The van der Waals surface area contributed by atoms with E-state index in [1.165, 1.54) is 22.7 Å². The molecule has 0 aromatic heterocycles. The normalized spacial score (nSPS) is 20.5. The highest BCUT2D eigenvalue weighted by Gasteiger charge is 2.52. The Hall–Kier alpha value is -2.25. The summed E-state index contributed by atoms with van der Waals surface area (Å²) in [5.74, 6) is -0.512. The van der Waals surface area contributed by atoms with Gasteiger partial charge in [-0.15, -0.1) is 11.8 Å². The van der Waals surface area contributed by atoms with Crippen LogP contribution in [0.25, 0.3) is 0 Å². The molecule has 5 nitrogen and oxygen atoms in total. The first kappa shape index (κ1) is 21.0. The zero-order valence-corrected chi connectivity index (χ0v) is 18.0. The summed E-state index contributed by atoms with van der Waals surface area (Å²) in [5, 5.41) is -0.307. The standard InChI is InChI=1S/C22H18Cl2N2O3S/c23-16(24)11-15-12-30-21-17(25)20(27)26(21)18(15)22(28)29-19(13-7-3-1-4-8-13)14-9-5-2-6-10-14/h1-11,17,19,21H,12,25H2/t17?,21-/m0/s1. The molecular weight excluding hydrogens is 443 g/mol. The molecule has 2 aromatic carbocycles. The van der Waals surface area contributed by atoms with E-state index in [0.29, 0.717) is 11.3 Å². The Morgan fingerprint density at radius 3 is 2.20 bits per heavy atom. The molecule has 1 fully saturated rings. The largest absolute Gasteiger partial charge is 0.448 e. The summed E-state index contributed by atoms with van der Waals surface area (Å²) in [6.45, 7) is 0. The van der Waals surface area contributed by atoms with Crippen LogP contribution in [0.5, 0.6) is 0 Å². The van der Waals surface area contributed by atoms with Crippen molar-refractivity contribution in [2.24, 2.45) is 5.73 Å². The van der Waals surface area contributed by atoms with E-state index in [2.05, 4.69) is 0 Å². The van der Waals surface area contributed by atoms with Gasteiger partial charge in [0.25, 0.3) is 0 Å². The number of nitrogens with zero attached hydrogens (tertiary/aromatic N) is 1. The summed E-state index contributed by atoms with van der Waals surface area (Å²) >= 11 is 13.2. The Labute approximate surface area is 188 Å². The van der Waals surface area contributed by atoms with Crippen molar-refractivity contribution in [3.8, 4) is 0 Å². The number of hydrogen-bond acceptors (Lipinski definition) is 5. The van der Waals surface area contributed by atoms with E-state index in [1.807, 2.05) is 60.7 Å². The van der Waals surface area contributed by atoms with Gasteiger partial charge in [0.15, 0.2) is 6.10 Å². The summed E-state index contributed by atoms with van der Waals surface area (Å²) in [5.41, 5.74) is 8.22. The molecule has 1 saturated heterocycles. The van der Waals surface area contributed by atoms with Gasteiger partial charge in [0.05, 0.1) is 0 Å². The first-order chi connectivity index (χ1) is 14.5. The molecule has 2 aliphatic rings. The van der Waals surface area contributed by atoms with Crippen molar-refractivity contribution in [3.05, 3.63) is 93.6 Å². The third-order valence-electron chi connectivity index (χ3n) is 4.95. The minimum atomic E-state index is -0.645. The van der Waals surface area contributed by atoms with Crippen molar-refractivity contribution in [1.82, 2.24) is 4.90 Å². The molecule has 2 aromatic rings. The number of fused-ring (bicyclic) bond motifs is 1. The Morgan fingerprint density at radius 1 is 1.10 bits per heavy atom. The molecule has 0 spiro atoms. The van der Waals surface area contributed by atoms with Gasteiger partial charge in [-0.05, 0) is 22.8 Å². The number of halogens is 2. The third kappa shape index (κ3) is 4.01. The Balaban J connectivity index is 1.72. The number of β-lactam (4-membered cyclic amide) rings is 1. The van der Waals surface area contributed by atoms with Crippen molar-refractivity contribution in [1.29, 1.82) is 0 Å². The number of thioether (sulfide) groups is 1. The van der Waals surface area contributed by atoms with Gasteiger partial charge in [0.2, 0.25) is 5.91 Å². The van der Waals surface area contributed by atoms with Gasteiger partial charge in [-0.3, -0.25) is 9.69 Å². The maximum atomic E-state index is 13.3. The zero-order valence-electron chi connectivity index (χ0n) is 15.7. The fourth-order valence-electron chi connectivity index (χ4n) is 3.52. The summed E-state index contributed by atoms with van der Waals surface area (Å²) in [6, 6.07) is 18.2. The second-order valence-electron chi connectivity index (χ2n) is 6.85. The maximum absolute atomic E-state index is 13.3. The Bertz CT molecular complexity index is 984. The maximum Gasteiger partial charge on any atom is 0.356 e. The van der Waals surface area contributed by atoms with Crippen LogP contribution in [0.15, 0.2) is 82.5 Å². The first-order valence-corrected chi connectivity index (χ1v) is 11.0. The lowest BCUT2D eigenvalue weighted by molar-refractivity contribution is -0.153. The molecule has 2 aliphatic heterocycles. The molecule has 1 amide bonds. The molecule has 2 atom stereocenters. The van der Waals surface area contributed by atoms with Crippen LogP contribution in [-0.4, -0.2) is 33.9 Å². The number of esters is 1. The molecular formula is C22H18Cl2N2O3S. The molecule has 2 N–H and O–H groups in total. The van der Waals surface area contributed by atoms with E-state index in [-0.39, 0.29) is 21.5 Å². The van der Waals surface area contributed by atoms with Gasteiger partial charge in [-0.1, -0.05) is 83.9 Å². The van der Waals surface area contributed by atoms with Crippen LogP contribution < -0.4 is 5.73 Å². The lowest BCUT2D eigenvalue weighted by Gasteiger charge is -2.48. The molecule has 0 radical (unpaired) electrons. The van der Waals surface area contributed by atoms with Gasteiger partial charge >= 0.3 is 5.97 Å². The topological polar surface area (TPSA) is 72.6 Å². The number of allylic oxidation sites excluding steroid dienone is 1. The highest BCUT2D eigenvalue weighted by atomic mass is 35.5. The van der Waals surface area contributed by atoms with Crippen LogP contribution in [-0.2, 0) is 14.3 Å². The highest BCUT2D eigenvalue weighted by Crippen LogP contribution is 2.41. The number of carbonyl (C=O) groups is 2. The lowest BCUT2D eigenvalue weighted by Crippen LogP contribution is -2.68. The van der Waals surface area contributed by atoms with Crippen LogP contribution in [0.1, 0.15) is 17.2 Å². The van der Waals surface area contributed by atoms with Crippen LogP contribution in [0.4, 0.5) is 0 Å². The molecule has 30 heavy (non-hydrogen) atoms. The SMILES string of the molecule is NC1C(=O)N2C(C(=O)OC(c3ccccc3)c3ccccc3)=C(C=C(Cl)Cl)CS[C@@H]12. The minimum Gasteiger partial charge on any atom is -0.448 e. The monoisotopic (exact) mass is 460 g/mol. The van der Waals surface area contributed by atoms with Crippen LogP contribution >= 0.6 is 35.0 Å². The average molecular weight is 461 g/mol. The van der Waals surface area contributed by atoms with Gasteiger partial charge < -0.3 is 10.5 Å². The van der Waals surface area contributed by atoms with E-state index in [4.69, 9.17) is 33.7 Å². The number of nitrogens with two attached hydrogens (primary N) is 1. The smallest absolute Gasteiger partial charge is 0.356 e. The Kier molecular flexibility index (Phi) is 6.20. The third-order valence-corrected chi connectivity index (χ3v) is 6.49. The molecule has 0 saturated carbocycles. The average Bonchev–Trinajstić information content (AvgIpc) is 2.77. The second kappa shape index (κ2) is 8.86. The van der Waals surface area contributed by atoms with Crippen LogP contribution in [0.2, 0.25) is 0 Å². The summed E-state index contributed by atoms with van der Waals surface area (Å²) in [6.07, 6.45) is 0.835. The van der Waals surface area contributed by atoms with E-state index in [1.54, 1.807) is 0 Å². The predicted octanol–water partition coefficient (Wildman–Crippen LogP) is 4.13. The fourth-order valence-corrected chi connectivity index (χ4v) is 5.03. The summed E-state index contributed by atoms with van der Waals surface area (Å²) in [4.78, 5) is 27.2. The summed E-state index contributed by atoms with van der Waals surface area (Å²) in [7, 11) is 0.